The second kappa shape index (κ2) is 5.79. The lowest BCUT2D eigenvalue weighted by Crippen LogP contribution is -2.32. The van der Waals surface area contributed by atoms with Crippen LogP contribution >= 0.6 is 0 Å². The van der Waals surface area contributed by atoms with Crippen LogP contribution in [0.1, 0.15) is 24.9 Å². The highest BCUT2D eigenvalue weighted by atomic mass is 32.2. The van der Waals surface area contributed by atoms with Gasteiger partial charge < -0.3 is 5.32 Å². The van der Waals surface area contributed by atoms with Crippen LogP contribution in [0.4, 0.5) is 0 Å². The Morgan fingerprint density at radius 2 is 1.94 bits per heavy atom. The van der Waals surface area contributed by atoms with Crippen LogP contribution in [-0.2, 0) is 14.9 Å². The summed E-state index contributed by atoms with van der Waals surface area (Å²) in [5, 5.41) is 2.56. The van der Waals surface area contributed by atoms with Gasteiger partial charge in [-0.05, 0) is 5.56 Å². The lowest BCUT2D eigenvalue weighted by molar-refractivity contribution is -0.121. The zero-order valence-corrected chi connectivity index (χ0v) is 10.3. The lowest BCUT2D eigenvalue weighted by atomic mass is 10.1. The molecule has 1 atom stereocenters. The number of carbonyl (C=O) groups excluding carboxylic acids is 1. The summed E-state index contributed by atoms with van der Waals surface area (Å²) in [4.78, 5) is 11.3. The highest BCUT2D eigenvalue weighted by Gasteiger charge is 2.19. The van der Waals surface area contributed by atoms with Crippen LogP contribution in [0.3, 0.4) is 0 Å². The molecule has 6 heteroatoms. The van der Waals surface area contributed by atoms with Crippen LogP contribution < -0.4 is 5.32 Å². The average molecular weight is 257 g/mol. The maximum absolute atomic E-state index is 11.3. The minimum atomic E-state index is -4.14. The summed E-state index contributed by atoms with van der Waals surface area (Å²) in [7, 11) is -4.14. The molecule has 0 saturated heterocycles. The molecule has 0 aliphatic rings. The van der Waals surface area contributed by atoms with E-state index in [1.54, 1.807) is 37.3 Å². The van der Waals surface area contributed by atoms with Crippen molar-refractivity contribution < 1.29 is 17.8 Å². The van der Waals surface area contributed by atoms with E-state index in [9.17, 15) is 13.2 Å². The fraction of sp³-hybridized carbons (Fsp3) is 0.364. The van der Waals surface area contributed by atoms with Gasteiger partial charge in [0.05, 0.1) is 11.8 Å². The van der Waals surface area contributed by atoms with E-state index in [1.807, 2.05) is 0 Å². The number of hydrogen-bond donors (Lipinski definition) is 2. The maximum Gasteiger partial charge on any atom is 0.267 e. The van der Waals surface area contributed by atoms with Crippen molar-refractivity contribution in [1.29, 1.82) is 0 Å². The zero-order valence-electron chi connectivity index (χ0n) is 9.46. The highest BCUT2D eigenvalue weighted by Crippen LogP contribution is 2.14. The molecule has 0 aromatic heterocycles. The van der Waals surface area contributed by atoms with Gasteiger partial charge in [-0.25, -0.2) is 0 Å². The predicted molar refractivity (Wildman–Crippen MR) is 64.0 cm³/mol. The van der Waals surface area contributed by atoms with Crippen LogP contribution in [0.15, 0.2) is 30.3 Å². The fourth-order valence-corrected chi connectivity index (χ4v) is 2.11. The monoisotopic (exact) mass is 257 g/mol. The average Bonchev–Trinajstić information content (AvgIpc) is 2.27. The maximum atomic E-state index is 11.3. The Balaban J connectivity index is 2.91. The Morgan fingerprint density at radius 1 is 1.35 bits per heavy atom. The Kier molecular flexibility index (Phi) is 4.65. The van der Waals surface area contributed by atoms with E-state index in [0.717, 1.165) is 0 Å². The summed E-state index contributed by atoms with van der Waals surface area (Å²) in [6, 6.07) is 7.95. The van der Waals surface area contributed by atoms with Crippen molar-refractivity contribution in [3.05, 3.63) is 35.9 Å². The van der Waals surface area contributed by atoms with Gasteiger partial charge in [0, 0.05) is 6.42 Å². The summed E-state index contributed by atoms with van der Waals surface area (Å²) in [5.74, 6) is -0.787. The molecule has 17 heavy (non-hydrogen) atoms. The summed E-state index contributed by atoms with van der Waals surface area (Å²) in [5.41, 5.74) is 0.645. The van der Waals surface area contributed by atoms with Crippen molar-refractivity contribution in [2.24, 2.45) is 0 Å². The Morgan fingerprint density at radius 3 is 2.41 bits per heavy atom. The molecule has 0 saturated carbocycles. The topological polar surface area (TPSA) is 83.5 Å². The van der Waals surface area contributed by atoms with Crippen molar-refractivity contribution in [3.63, 3.8) is 0 Å². The summed E-state index contributed by atoms with van der Waals surface area (Å²) in [6.45, 7) is 1.67. The molecule has 1 aromatic carbocycles. The van der Waals surface area contributed by atoms with Gasteiger partial charge in [0.15, 0.2) is 0 Å². The first-order valence-corrected chi connectivity index (χ1v) is 6.82. The van der Waals surface area contributed by atoms with Gasteiger partial charge in [-0.15, -0.1) is 0 Å². The molecule has 2 N–H and O–H groups in total. The van der Waals surface area contributed by atoms with Crippen LogP contribution in [0.2, 0.25) is 0 Å². The summed E-state index contributed by atoms with van der Waals surface area (Å²) < 4.78 is 30.6. The molecule has 1 aromatic rings. The predicted octanol–water partition coefficient (Wildman–Crippen LogP) is 1.14. The first-order valence-electron chi connectivity index (χ1n) is 5.22. The summed E-state index contributed by atoms with van der Waals surface area (Å²) in [6.07, 6.45) is 0.259. The molecule has 1 rings (SSSR count). The van der Waals surface area contributed by atoms with Crippen molar-refractivity contribution in [1.82, 2.24) is 5.32 Å². The van der Waals surface area contributed by atoms with Crippen molar-refractivity contribution >= 4 is 16.0 Å². The Hall–Kier alpha value is -1.40. The molecule has 0 spiro atoms. The van der Waals surface area contributed by atoms with Gasteiger partial charge in [-0.2, -0.15) is 8.42 Å². The second-order valence-electron chi connectivity index (χ2n) is 3.63. The van der Waals surface area contributed by atoms with Crippen molar-refractivity contribution in [2.75, 3.05) is 5.75 Å². The van der Waals surface area contributed by atoms with Gasteiger partial charge in [0.2, 0.25) is 5.91 Å². The molecule has 0 radical (unpaired) electrons. The summed E-state index contributed by atoms with van der Waals surface area (Å²) >= 11 is 0. The molecular weight excluding hydrogens is 242 g/mol. The molecule has 0 heterocycles. The quantitative estimate of drug-likeness (QED) is 0.775. The van der Waals surface area contributed by atoms with Gasteiger partial charge >= 0.3 is 0 Å². The standard InChI is InChI=1S/C11H15NO4S/c1-2-11(13)12-10(8-17(14,15)16)9-6-4-3-5-7-9/h3-7,10H,2,8H2,1H3,(H,12,13)(H,14,15,16)/t10-/m1/s1. The molecule has 0 aliphatic carbocycles. The SMILES string of the molecule is CCC(=O)N[C@H](CS(=O)(=O)O)c1ccccc1. The van der Waals surface area contributed by atoms with Gasteiger partial charge in [-0.3, -0.25) is 9.35 Å². The van der Waals surface area contributed by atoms with Crippen LogP contribution in [0.25, 0.3) is 0 Å². The number of rotatable bonds is 5. The van der Waals surface area contributed by atoms with E-state index >= 15 is 0 Å². The first-order chi connectivity index (χ1) is 7.92. The lowest BCUT2D eigenvalue weighted by Gasteiger charge is -2.17. The first kappa shape index (κ1) is 13.7. The number of carbonyl (C=O) groups is 1. The van der Waals surface area contributed by atoms with E-state index in [4.69, 9.17) is 4.55 Å². The molecule has 0 aliphatic heterocycles. The fourth-order valence-electron chi connectivity index (χ4n) is 1.41. The Labute approximate surface area is 101 Å². The van der Waals surface area contributed by atoms with Crippen molar-refractivity contribution in [3.8, 4) is 0 Å². The molecule has 0 bridgehead atoms. The minimum Gasteiger partial charge on any atom is -0.348 e. The smallest absolute Gasteiger partial charge is 0.267 e. The molecule has 0 unspecified atom stereocenters. The third-order valence-corrected chi connectivity index (χ3v) is 2.99. The molecule has 0 fully saturated rings. The van der Waals surface area contributed by atoms with E-state index in [-0.39, 0.29) is 12.3 Å². The van der Waals surface area contributed by atoms with E-state index < -0.39 is 21.9 Å². The van der Waals surface area contributed by atoms with E-state index in [0.29, 0.717) is 5.56 Å². The second-order valence-corrected chi connectivity index (χ2v) is 5.13. The molecular formula is C11H15NO4S. The third-order valence-electron chi connectivity index (χ3n) is 2.24. The number of benzene rings is 1. The highest BCUT2D eigenvalue weighted by molar-refractivity contribution is 7.85. The van der Waals surface area contributed by atoms with Crippen LogP contribution in [0.5, 0.6) is 0 Å². The number of nitrogens with one attached hydrogen (secondary N) is 1. The minimum absolute atomic E-state index is 0.259. The van der Waals surface area contributed by atoms with E-state index in [1.165, 1.54) is 0 Å². The molecule has 1 amide bonds. The van der Waals surface area contributed by atoms with Crippen LogP contribution in [-0.4, -0.2) is 24.6 Å². The van der Waals surface area contributed by atoms with Gasteiger partial charge in [0.1, 0.15) is 0 Å². The molecule has 94 valence electrons. The van der Waals surface area contributed by atoms with E-state index in [2.05, 4.69) is 5.32 Å². The third kappa shape index (κ3) is 4.97. The van der Waals surface area contributed by atoms with Crippen molar-refractivity contribution in [2.45, 2.75) is 19.4 Å². The normalized spacial score (nSPS) is 13.1. The Bertz CT molecular complexity index is 470. The number of amides is 1. The molecule has 5 nitrogen and oxygen atoms in total. The number of hydrogen-bond acceptors (Lipinski definition) is 3. The zero-order chi connectivity index (χ0) is 12.9. The van der Waals surface area contributed by atoms with Gasteiger partial charge in [-0.1, -0.05) is 37.3 Å². The van der Waals surface area contributed by atoms with Crippen LogP contribution in [0, 0.1) is 0 Å². The largest absolute Gasteiger partial charge is 0.348 e. The van der Waals surface area contributed by atoms with Gasteiger partial charge in [0.25, 0.3) is 10.1 Å².